The van der Waals surface area contributed by atoms with Crippen molar-refractivity contribution in [3.05, 3.63) is 29.7 Å². The average Bonchev–Trinajstić information content (AvgIpc) is 2.16. The molecule has 1 aromatic heterocycles. The Morgan fingerprint density at radius 3 is 2.73 bits per heavy atom. The molecule has 0 aromatic carbocycles. The third-order valence-electron chi connectivity index (χ3n) is 2.25. The van der Waals surface area contributed by atoms with Gasteiger partial charge in [-0.1, -0.05) is 13.8 Å². The number of nitrogens with one attached hydrogen (secondary N) is 1. The molecule has 2 heterocycles. The van der Waals surface area contributed by atoms with E-state index in [1.165, 1.54) is 6.20 Å². The molecule has 15 heavy (non-hydrogen) atoms. The predicted octanol–water partition coefficient (Wildman–Crippen LogP) is 1.47. The van der Waals surface area contributed by atoms with Gasteiger partial charge in [0.1, 0.15) is 4.90 Å². The molecular formula is C10H12N2O2S. The van der Waals surface area contributed by atoms with Crippen LogP contribution in [0, 0.1) is 0 Å². The second-order valence-electron chi connectivity index (χ2n) is 3.73. The average molecular weight is 224 g/mol. The van der Waals surface area contributed by atoms with Crippen LogP contribution in [-0.2, 0) is 10.0 Å². The zero-order chi connectivity index (χ0) is 11.1. The van der Waals surface area contributed by atoms with Crippen LogP contribution in [-0.4, -0.2) is 13.4 Å². The lowest BCUT2D eigenvalue weighted by Gasteiger charge is -2.13. The molecule has 80 valence electrons. The number of hydrogen-bond donors (Lipinski definition) is 1. The van der Waals surface area contributed by atoms with Crippen molar-refractivity contribution in [2.45, 2.75) is 24.7 Å². The van der Waals surface area contributed by atoms with E-state index in [1.807, 2.05) is 13.8 Å². The highest BCUT2D eigenvalue weighted by atomic mass is 32.2. The number of pyridine rings is 1. The van der Waals surface area contributed by atoms with Crippen LogP contribution in [0.3, 0.4) is 0 Å². The summed E-state index contributed by atoms with van der Waals surface area (Å²) in [7, 11) is -3.38. The monoisotopic (exact) mass is 224 g/mol. The number of rotatable bonds is 1. The van der Waals surface area contributed by atoms with E-state index in [0.29, 0.717) is 11.6 Å². The number of fused-ring (bicyclic) bond motifs is 1. The number of nitrogens with zero attached hydrogens (tertiary/aromatic N) is 1. The van der Waals surface area contributed by atoms with Gasteiger partial charge in [0.25, 0.3) is 10.0 Å². The van der Waals surface area contributed by atoms with Crippen molar-refractivity contribution < 1.29 is 8.42 Å². The summed E-state index contributed by atoms with van der Waals surface area (Å²) in [5.41, 5.74) is 1.41. The molecule has 0 bridgehead atoms. The van der Waals surface area contributed by atoms with E-state index >= 15 is 0 Å². The minimum absolute atomic E-state index is 0.245. The fourth-order valence-corrected chi connectivity index (χ4v) is 2.42. The van der Waals surface area contributed by atoms with Gasteiger partial charge in [0, 0.05) is 11.9 Å². The number of aromatic nitrogens is 1. The second-order valence-corrected chi connectivity index (χ2v) is 5.41. The van der Waals surface area contributed by atoms with Gasteiger partial charge < -0.3 is 0 Å². The molecule has 0 radical (unpaired) electrons. The smallest absolute Gasteiger partial charge is 0.263 e. The van der Waals surface area contributed by atoms with Crippen LogP contribution >= 0.6 is 0 Å². The Morgan fingerprint density at radius 2 is 2.07 bits per heavy atom. The number of hydrogen-bond acceptors (Lipinski definition) is 3. The predicted molar refractivity (Wildman–Crippen MR) is 57.7 cm³/mol. The Labute approximate surface area is 89.1 Å². The van der Waals surface area contributed by atoms with Gasteiger partial charge in [-0.15, -0.1) is 0 Å². The van der Waals surface area contributed by atoms with Gasteiger partial charge in [0.15, 0.2) is 0 Å². The van der Waals surface area contributed by atoms with Crippen molar-refractivity contribution in [3.8, 4) is 0 Å². The first-order valence-corrected chi connectivity index (χ1v) is 6.19. The van der Waals surface area contributed by atoms with Gasteiger partial charge in [-0.25, -0.2) is 8.42 Å². The van der Waals surface area contributed by atoms with Crippen LogP contribution in [0.4, 0.5) is 0 Å². The molecular weight excluding hydrogens is 212 g/mol. The summed E-state index contributed by atoms with van der Waals surface area (Å²) in [6, 6.07) is 3.35. The van der Waals surface area contributed by atoms with Gasteiger partial charge in [-0.2, -0.15) is 0 Å². The molecule has 0 amide bonds. The molecule has 0 saturated heterocycles. The van der Waals surface area contributed by atoms with Crippen molar-refractivity contribution in [1.82, 2.24) is 9.71 Å². The molecule has 1 aliphatic heterocycles. The molecule has 0 fully saturated rings. The van der Waals surface area contributed by atoms with E-state index in [1.54, 1.807) is 18.2 Å². The molecule has 0 atom stereocenters. The SMILES string of the molecule is CC(C)c1ccc2c(n1)C=CNS2(=O)=O. The van der Waals surface area contributed by atoms with Gasteiger partial charge in [-0.05, 0) is 24.1 Å². The minimum Gasteiger partial charge on any atom is -0.286 e. The van der Waals surface area contributed by atoms with E-state index in [0.717, 1.165) is 5.69 Å². The standard InChI is InChI=1S/C10H12N2O2S/c1-7(2)8-3-4-10-9(12-8)5-6-11-15(10,13)14/h3-7,11H,1-2H3. The van der Waals surface area contributed by atoms with Crippen LogP contribution < -0.4 is 4.72 Å². The highest BCUT2D eigenvalue weighted by Gasteiger charge is 2.20. The normalized spacial score (nSPS) is 17.3. The van der Waals surface area contributed by atoms with Crippen LogP contribution in [0.5, 0.6) is 0 Å². The van der Waals surface area contributed by atoms with Gasteiger partial charge >= 0.3 is 0 Å². The largest absolute Gasteiger partial charge is 0.286 e. The lowest BCUT2D eigenvalue weighted by molar-refractivity contribution is 0.589. The lowest BCUT2D eigenvalue weighted by atomic mass is 10.1. The van der Waals surface area contributed by atoms with Crippen molar-refractivity contribution in [2.75, 3.05) is 0 Å². The molecule has 0 saturated carbocycles. The van der Waals surface area contributed by atoms with E-state index in [-0.39, 0.29) is 4.90 Å². The van der Waals surface area contributed by atoms with E-state index in [2.05, 4.69) is 9.71 Å². The fraction of sp³-hybridized carbons (Fsp3) is 0.300. The Hall–Kier alpha value is -1.36. The van der Waals surface area contributed by atoms with Crippen LogP contribution in [0.25, 0.3) is 6.08 Å². The van der Waals surface area contributed by atoms with E-state index < -0.39 is 10.0 Å². The summed E-state index contributed by atoms with van der Waals surface area (Å²) in [6.45, 7) is 4.04. The molecule has 1 N–H and O–H groups in total. The van der Waals surface area contributed by atoms with Gasteiger partial charge in [-0.3, -0.25) is 9.71 Å². The third kappa shape index (κ3) is 1.74. The van der Waals surface area contributed by atoms with E-state index in [4.69, 9.17) is 0 Å². The maximum absolute atomic E-state index is 11.6. The van der Waals surface area contributed by atoms with Crippen LogP contribution in [0.15, 0.2) is 23.2 Å². The van der Waals surface area contributed by atoms with Crippen molar-refractivity contribution in [2.24, 2.45) is 0 Å². The Morgan fingerprint density at radius 1 is 1.33 bits per heavy atom. The fourth-order valence-electron chi connectivity index (χ4n) is 1.41. The van der Waals surface area contributed by atoms with Crippen molar-refractivity contribution in [1.29, 1.82) is 0 Å². The van der Waals surface area contributed by atoms with Crippen LogP contribution in [0.2, 0.25) is 0 Å². The molecule has 0 aliphatic carbocycles. The Bertz CT molecular complexity index is 518. The molecule has 2 rings (SSSR count). The highest BCUT2D eigenvalue weighted by molar-refractivity contribution is 7.89. The zero-order valence-electron chi connectivity index (χ0n) is 8.56. The Balaban J connectivity index is 2.61. The maximum Gasteiger partial charge on any atom is 0.263 e. The molecule has 1 aromatic rings. The summed E-state index contributed by atoms with van der Waals surface area (Å²) in [5, 5.41) is 0. The first kappa shape index (κ1) is 10.2. The summed E-state index contributed by atoms with van der Waals surface area (Å²) in [6.07, 6.45) is 3.07. The first-order chi connectivity index (χ1) is 7.00. The summed E-state index contributed by atoms with van der Waals surface area (Å²) in [5.74, 6) is 0.293. The molecule has 0 spiro atoms. The number of sulfonamides is 1. The highest BCUT2D eigenvalue weighted by Crippen LogP contribution is 2.21. The maximum atomic E-state index is 11.6. The van der Waals surface area contributed by atoms with Crippen molar-refractivity contribution >= 4 is 16.1 Å². The Kier molecular flexibility index (Phi) is 2.26. The van der Waals surface area contributed by atoms with Crippen LogP contribution in [0.1, 0.15) is 31.2 Å². The second kappa shape index (κ2) is 3.34. The molecule has 0 unspecified atom stereocenters. The van der Waals surface area contributed by atoms with Gasteiger partial charge in [0.2, 0.25) is 0 Å². The quantitative estimate of drug-likeness (QED) is 0.785. The summed E-state index contributed by atoms with van der Waals surface area (Å²) >= 11 is 0. The molecule has 5 heteroatoms. The van der Waals surface area contributed by atoms with Crippen molar-refractivity contribution in [3.63, 3.8) is 0 Å². The summed E-state index contributed by atoms with van der Waals surface area (Å²) in [4.78, 5) is 4.55. The van der Waals surface area contributed by atoms with Gasteiger partial charge in [0.05, 0.1) is 5.69 Å². The lowest BCUT2D eigenvalue weighted by Crippen LogP contribution is -2.22. The third-order valence-corrected chi connectivity index (χ3v) is 3.62. The first-order valence-electron chi connectivity index (χ1n) is 4.70. The summed E-state index contributed by atoms with van der Waals surface area (Å²) < 4.78 is 25.4. The molecule has 4 nitrogen and oxygen atoms in total. The minimum atomic E-state index is -3.38. The molecule has 1 aliphatic rings. The topological polar surface area (TPSA) is 59.1 Å². The van der Waals surface area contributed by atoms with E-state index in [9.17, 15) is 8.42 Å². The zero-order valence-corrected chi connectivity index (χ0v) is 9.38.